The van der Waals surface area contributed by atoms with Gasteiger partial charge >= 0.3 is 36.0 Å². The van der Waals surface area contributed by atoms with Crippen LogP contribution in [0.1, 0.15) is 0 Å². The maximum absolute atomic E-state index is 8.80. The van der Waals surface area contributed by atoms with Crippen LogP contribution in [0.3, 0.4) is 0 Å². The van der Waals surface area contributed by atoms with Crippen molar-refractivity contribution in [2.75, 3.05) is 0 Å². The van der Waals surface area contributed by atoms with Crippen LogP contribution in [-0.4, -0.2) is 72.4 Å². The Kier molecular flexibility index (Phi) is 38.3. The van der Waals surface area contributed by atoms with E-state index >= 15 is 0 Å². The molecule has 19 heavy (non-hydrogen) atoms. The van der Waals surface area contributed by atoms with E-state index < -0.39 is 27.1 Å². The third-order valence-corrected chi connectivity index (χ3v) is 0. The molecule has 0 amide bonds. The van der Waals surface area contributed by atoms with Crippen LogP contribution in [0.25, 0.3) is 0 Å². The minimum atomic E-state index is -5.61. The summed E-state index contributed by atoms with van der Waals surface area (Å²) in [7, 11) is -15.3. The summed E-state index contributed by atoms with van der Waals surface area (Å²) < 4.78 is 0. The molecule has 0 aliphatic carbocycles. The zero-order chi connectivity index (χ0) is 13.5. The third-order valence-electron chi connectivity index (χ3n) is 0. The van der Waals surface area contributed by atoms with Crippen LogP contribution in [0, 0.1) is 7.43 Å². The number of rotatable bonds is 0. The summed E-state index contributed by atoms with van der Waals surface area (Å²) >= 11 is 0. The third kappa shape index (κ3) is 5800. The van der Waals surface area contributed by atoms with Crippen LogP contribution in [0.5, 0.6) is 0 Å². The fourth-order valence-corrected chi connectivity index (χ4v) is 0. The van der Waals surface area contributed by atoms with Crippen molar-refractivity contribution in [3.63, 3.8) is 0 Å². The normalized spacial score (nSPS) is 9.47. The molecule has 0 bridgehead atoms. The topological polar surface area (TPSA) is 291 Å². The molecule has 18 heteroatoms. The van der Waals surface area contributed by atoms with Gasteiger partial charge in [0.15, 0.2) is 0 Å². The fourth-order valence-electron chi connectivity index (χ4n) is 0. The van der Waals surface area contributed by atoms with E-state index in [0.717, 1.165) is 0 Å². The molecule has 0 unspecified atom stereocenters. The molecule has 0 fully saturated rings. The van der Waals surface area contributed by atoms with Gasteiger partial charge in [-0.15, -0.1) is 0 Å². The Labute approximate surface area is 128 Å². The first kappa shape index (κ1) is 42.7. The van der Waals surface area contributed by atoms with Gasteiger partial charge in [-0.1, -0.05) is 0 Å². The Morgan fingerprint density at radius 3 is 0.632 bits per heavy atom. The van der Waals surface area contributed by atoms with E-state index in [0.29, 0.717) is 0 Å². The molecule has 0 aliphatic rings. The first-order valence-corrected chi connectivity index (χ1v) is 7.70. The van der Waals surface area contributed by atoms with Crippen molar-refractivity contribution in [3.8, 4) is 0 Å². The van der Waals surface area contributed by atoms with E-state index in [4.69, 9.17) is 57.5 Å². The Bertz CT molecular complexity index is 99.7. The number of hydrogen-bond acceptors (Lipinski definition) is 12. The van der Waals surface area contributed by atoms with Crippen molar-refractivity contribution in [1.82, 2.24) is 0 Å². The Balaban J connectivity index is -0.0000000206. The summed E-state index contributed by atoms with van der Waals surface area (Å²) in [6, 6.07) is 0. The van der Waals surface area contributed by atoms with E-state index in [-0.39, 0.29) is 43.3 Å². The van der Waals surface area contributed by atoms with Crippen LogP contribution in [0.2, 0.25) is 0 Å². The molecule has 8 N–H and O–H groups in total. The molecule has 0 saturated carbocycles. The van der Waals surface area contributed by atoms with Gasteiger partial charge in [-0.3, -0.25) is 0 Å². The summed E-state index contributed by atoms with van der Waals surface area (Å²) in [4.78, 5) is 95.4. The molecule has 0 aromatic rings. The summed E-state index contributed by atoms with van der Waals surface area (Å²) in [5.74, 6) is 0. The molecule has 0 rings (SSSR count). The molecule has 112 valence electrons. The second kappa shape index (κ2) is 17.0. The van der Waals surface area contributed by atoms with Gasteiger partial charge < -0.3 is 72.1 Å². The van der Waals surface area contributed by atoms with Gasteiger partial charge in [0.25, 0.3) is 0 Å². The van der Waals surface area contributed by atoms with Crippen molar-refractivity contribution >= 4 is 38.1 Å². The summed E-state index contributed by atoms with van der Waals surface area (Å²) in [5.41, 5.74) is 0. The van der Waals surface area contributed by atoms with Gasteiger partial charge in [-0.05, 0) is 11.0 Å². The quantitative estimate of drug-likeness (QED) is 0.203. The minimum Gasteiger partial charge on any atom is -0.894 e. The van der Waals surface area contributed by atoms with Crippen LogP contribution in [0.15, 0.2) is 0 Å². The predicted molar refractivity (Wildman–Crippen MR) is 48.8 cm³/mol. The molecule has 0 aromatic carbocycles. The Morgan fingerprint density at radius 2 is 0.632 bits per heavy atom. The Hall–Kier alpha value is 0.971. The molecule has 13 nitrogen and oxygen atoms in total. The van der Waals surface area contributed by atoms with Gasteiger partial charge in [0.1, 0.15) is 9.05 Å². The molecular formula is CH12O13Si4Zn. The first-order chi connectivity index (χ1) is 6.00. The average Bonchev–Trinajstić information content (AvgIpc) is 1.41. The van der Waals surface area contributed by atoms with Gasteiger partial charge in [0.05, 0.1) is 0 Å². The van der Waals surface area contributed by atoms with Crippen molar-refractivity contribution < 1.29 is 82.5 Å². The van der Waals surface area contributed by atoms with E-state index in [1.807, 2.05) is 0 Å². The van der Waals surface area contributed by atoms with Gasteiger partial charge in [-0.25, -0.2) is 0 Å². The minimum absolute atomic E-state index is 0. The predicted octanol–water partition coefficient (Wildman–Crippen LogP) is -13.8. The first-order valence-electron chi connectivity index (χ1n) is 2.57. The van der Waals surface area contributed by atoms with Gasteiger partial charge in [-0.2, -0.15) is 0 Å². The molecular weight excluding hydrogens is 398 g/mol. The van der Waals surface area contributed by atoms with Gasteiger partial charge in [0, 0.05) is 0 Å². The standard InChI is InChI=1S/C.H4O4Si.H2O4Si.O4Si.H2O.H4Si.Zn/c;3*1-5(2,3)4;;;/h;1-4H;1-2H;;1H2;1H4;/q+4;;-2;-4;;;+2. The van der Waals surface area contributed by atoms with Gasteiger partial charge in [0.2, 0.25) is 0 Å². The zero-order valence-corrected chi connectivity index (χ0v) is 14.3. The van der Waals surface area contributed by atoms with E-state index in [1.165, 1.54) is 0 Å². The van der Waals surface area contributed by atoms with Crippen LogP contribution in [0.4, 0.5) is 0 Å². The van der Waals surface area contributed by atoms with Crippen molar-refractivity contribution in [2.45, 2.75) is 0 Å². The molecule has 0 saturated heterocycles. The molecule has 0 spiro atoms. The van der Waals surface area contributed by atoms with E-state index in [2.05, 4.69) is 0 Å². The summed E-state index contributed by atoms with van der Waals surface area (Å²) in [5, 5.41) is 0. The monoisotopic (exact) mass is 408 g/mol. The number of hydrogen-bond donors (Lipinski definition) is 6. The maximum Gasteiger partial charge on any atom is 4.00 e. The van der Waals surface area contributed by atoms with Crippen LogP contribution in [-0.2, 0) is 19.5 Å². The van der Waals surface area contributed by atoms with Crippen LogP contribution >= 0.6 is 0 Å². The molecule has 0 heterocycles. The van der Waals surface area contributed by atoms with Crippen molar-refractivity contribution in [1.29, 1.82) is 0 Å². The summed E-state index contributed by atoms with van der Waals surface area (Å²) in [6.07, 6.45) is 0. The maximum atomic E-state index is 8.80. The van der Waals surface area contributed by atoms with Crippen molar-refractivity contribution in [3.05, 3.63) is 7.43 Å². The Morgan fingerprint density at radius 1 is 0.632 bits per heavy atom. The smallest absolute Gasteiger partial charge is 0.894 e. The molecule has 0 aliphatic heterocycles. The van der Waals surface area contributed by atoms with E-state index in [1.54, 1.807) is 0 Å². The second-order valence-corrected chi connectivity index (χ2v) is 4.95. The zero-order valence-electron chi connectivity index (χ0n) is 8.34. The summed E-state index contributed by atoms with van der Waals surface area (Å²) in [6.45, 7) is 0. The van der Waals surface area contributed by atoms with E-state index in [9.17, 15) is 0 Å². The average molecular weight is 410 g/mol. The SMILES string of the molecule is O.O[Si](O)(O)O.[C+4].[O-][Si]([O-])(O)O.[O-][Si]([O-])([O-])[O-].[SiH4].[Zn+2]. The van der Waals surface area contributed by atoms with Crippen molar-refractivity contribution in [2.24, 2.45) is 0 Å². The van der Waals surface area contributed by atoms with Crippen LogP contribution < -0.4 is 28.8 Å². The molecule has 0 atom stereocenters. The molecule has 0 aromatic heterocycles. The largest absolute Gasteiger partial charge is 4.00 e. The molecule has 0 radical (unpaired) electrons. The fraction of sp³-hybridized carbons (Fsp3) is 0. The second-order valence-electron chi connectivity index (χ2n) is 1.65.